The molecule has 0 aromatic heterocycles. The number of hydrogen-bond donors (Lipinski definition) is 1. The first-order valence-electron chi connectivity index (χ1n) is 8.47. The molecule has 6 nitrogen and oxygen atoms in total. The number of likely N-dealkylation sites (tertiary alicyclic amines) is 1. The number of amides is 2. The van der Waals surface area contributed by atoms with Crippen molar-refractivity contribution in [2.24, 2.45) is 5.92 Å². The van der Waals surface area contributed by atoms with Gasteiger partial charge in [-0.15, -0.1) is 11.8 Å². The Balaban J connectivity index is 1.64. The van der Waals surface area contributed by atoms with Crippen molar-refractivity contribution in [2.45, 2.75) is 19.8 Å². The van der Waals surface area contributed by atoms with Gasteiger partial charge in [0.2, 0.25) is 11.8 Å². The van der Waals surface area contributed by atoms with E-state index >= 15 is 0 Å². The predicted octanol–water partition coefficient (Wildman–Crippen LogP) is 2.16. The van der Waals surface area contributed by atoms with Gasteiger partial charge in [-0.1, -0.05) is 18.2 Å². The lowest BCUT2D eigenvalue weighted by molar-refractivity contribution is -0.151. The SMILES string of the molecule is CCOC(=O)C1CCN(C(=O)CSCC(=O)Nc2ccccc2)CC1. The number of anilines is 1. The molecule has 1 heterocycles. The summed E-state index contributed by atoms with van der Waals surface area (Å²) in [4.78, 5) is 37.5. The zero-order chi connectivity index (χ0) is 18.1. The number of rotatable bonds is 7. The van der Waals surface area contributed by atoms with Gasteiger partial charge in [0.25, 0.3) is 0 Å². The molecule has 25 heavy (non-hydrogen) atoms. The average Bonchev–Trinajstić information content (AvgIpc) is 2.63. The Morgan fingerprint density at radius 2 is 1.84 bits per heavy atom. The van der Waals surface area contributed by atoms with Gasteiger partial charge in [-0.05, 0) is 31.9 Å². The van der Waals surface area contributed by atoms with E-state index in [1.54, 1.807) is 11.8 Å². The van der Waals surface area contributed by atoms with E-state index in [2.05, 4.69) is 5.32 Å². The molecule has 1 saturated heterocycles. The minimum atomic E-state index is -0.165. The summed E-state index contributed by atoms with van der Waals surface area (Å²) in [5, 5.41) is 2.79. The van der Waals surface area contributed by atoms with Crippen LogP contribution >= 0.6 is 11.8 Å². The maximum Gasteiger partial charge on any atom is 0.309 e. The number of para-hydroxylation sites is 1. The zero-order valence-corrected chi connectivity index (χ0v) is 15.2. The van der Waals surface area contributed by atoms with Crippen LogP contribution in [-0.4, -0.2) is 53.9 Å². The zero-order valence-electron chi connectivity index (χ0n) is 14.4. The van der Waals surface area contributed by atoms with Gasteiger partial charge < -0.3 is 15.0 Å². The number of hydrogen-bond acceptors (Lipinski definition) is 5. The molecule has 0 aliphatic carbocycles. The number of piperidine rings is 1. The number of carbonyl (C=O) groups is 3. The van der Waals surface area contributed by atoms with Gasteiger partial charge in [0.05, 0.1) is 24.0 Å². The second-order valence-corrected chi connectivity index (χ2v) is 6.80. The number of carbonyl (C=O) groups excluding carboxylic acids is 3. The average molecular weight is 364 g/mol. The second kappa shape index (κ2) is 10.1. The van der Waals surface area contributed by atoms with Crippen LogP contribution in [0.1, 0.15) is 19.8 Å². The molecule has 1 aliphatic heterocycles. The Labute approximate surface area is 152 Å². The van der Waals surface area contributed by atoms with E-state index < -0.39 is 0 Å². The topological polar surface area (TPSA) is 75.7 Å². The van der Waals surface area contributed by atoms with Crippen LogP contribution in [0, 0.1) is 5.92 Å². The smallest absolute Gasteiger partial charge is 0.309 e. The number of nitrogens with zero attached hydrogens (tertiary/aromatic N) is 1. The van der Waals surface area contributed by atoms with Crippen LogP contribution in [0.15, 0.2) is 30.3 Å². The van der Waals surface area contributed by atoms with Gasteiger partial charge >= 0.3 is 5.97 Å². The normalized spacial score (nSPS) is 14.8. The first kappa shape index (κ1) is 19.3. The molecule has 0 saturated carbocycles. The standard InChI is InChI=1S/C18H24N2O4S/c1-2-24-18(23)14-8-10-20(11-9-14)17(22)13-25-12-16(21)19-15-6-4-3-5-7-15/h3-7,14H,2,8-13H2,1H3,(H,19,21). The summed E-state index contributed by atoms with van der Waals surface area (Å²) >= 11 is 1.30. The summed E-state index contributed by atoms with van der Waals surface area (Å²) in [7, 11) is 0. The quantitative estimate of drug-likeness (QED) is 0.751. The highest BCUT2D eigenvalue weighted by Crippen LogP contribution is 2.19. The summed E-state index contributed by atoms with van der Waals surface area (Å²) in [6.07, 6.45) is 1.29. The molecule has 1 fully saturated rings. The molecule has 0 spiro atoms. The van der Waals surface area contributed by atoms with Crippen LogP contribution in [0.2, 0.25) is 0 Å². The maximum atomic E-state index is 12.2. The number of thioether (sulfide) groups is 1. The molecule has 0 unspecified atom stereocenters. The molecule has 2 amide bonds. The number of esters is 1. The van der Waals surface area contributed by atoms with Gasteiger partial charge in [0.15, 0.2) is 0 Å². The minimum absolute atomic E-state index is 0.0137. The Morgan fingerprint density at radius 1 is 1.16 bits per heavy atom. The van der Waals surface area contributed by atoms with E-state index in [-0.39, 0.29) is 35.2 Å². The van der Waals surface area contributed by atoms with Gasteiger partial charge in [-0.25, -0.2) is 0 Å². The first-order chi connectivity index (χ1) is 12.1. The second-order valence-electron chi connectivity index (χ2n) is 5.81. The van der Waals surface area contributed by atoms with Crippen molar-refractivity contribution in [3.63, 3.8) is 0 Å². The van der Waals surface area contributed by atoms with Crippen molar-refractivity contribution in [1.29, 1.82) is 0 Å². The molecule has 1 aliphatic rings. The fourth-order valence-corrected chi connectivity index (χ4v) is 3.38. The van der Waals surface area contributed by atoms with Crippen LogP contribution in [0.3, 0.4) is 0 Å². The lowest BCUT2D eigenvalue weighted by atomic mass is 9.97. The van der Waals surface area contributed by atoms with Gasteiger partial charge in [-0.2, -0.15) is 0 Å². The minimum Gasteiger partial charge on any atom is -0.466 e. The van der Waals surface area contributed by atoms with Crippen molar-refractivity contribution in [1.82, 2.24) is 4.90 Å². The van der Waals surface area contributed by atoms with Crippen LogP contribution in [-0.2, 0) is 19.1 Å². The fraction of sp³-hybridized carbons (Fsp3) is 0.500. The fourth-order valence-electron chi connectivity index (χ4n) is 2.67. The van der Waals surface area contributed by atoms with E-state index in [9.17, 15) is 14.4 Å². The van der Waals surface area contributed by atoms with E-state index in [4.69, 9.17) is 4.74 Å². The first-order valence-corrected chi connectivity index (χ1v) is 9.62. The maximum absolute atomic E-state index is 12.2. The van der Waals surface area contributed by atoms with Crippen molar-refractivity contribution in [2.75, 3.05) is 36.5 Å². The highest BCUT2D eigenvalue weighted by atomic mass is 32.2. The summed E-state index contributed by atoms with van der Waals surface area (Å²) in [5.74, 6) is 0.131. The number of nitrogens with one attached hydrogen (secondary N) is 1. The monoisotopic (exact) mass is 364 g/mol. The largest absolute Gasteiger partial charge is 0.466 e. The lowest BCUT2D eigenvalue weighted by Gasteiger charge is -2.30. The van der Waals surface area contributed by atoms with Crippen LogP contribution in [0.5, 0.6) is 0 Å². The number of ether oxygens (including phenoxy) is 1. The van der Waals surface area contributed by atoms with Crippen molar-refractivity contribution >= 4 is 35.2 Å². The molecule has 1 N–H and O–H groups in total. The Hall–Kier alpha value is -2.02. The van der Waals surface area contributed by atoms with Crippen LogP contribution < -0.4 is 5.32 Å². The van der Waals surface area contributed by atoms with E-state index in [0.29, 0.717) is 32.5 Å². The lowest BCUT2D eigenvalue weighted by Crippen LogP contribution is -2.41. The molecule has 0 bridgehead atoms. The molecule has 1 aromatic rings. The van der Waals surface area contributed by atoms with Gasteiger partial charge in [0, 0.05) is 18.8 Å². The van der Waals surface area contributed by atoms with Gasteiger partial charge in [0.1, 0.15) is 0 Å². The third kappa shape index (κ3) is 6.42. The van der Waals surface area contributed by atoms with E-state index in [1.807, 2.05) is 30.3 Å². The molecular weight excluding hydrogens is 340 g/mol. The van der Waals surface area contributed by atoms with E-state index in [1.165, 1.54) is 11.8 Å². The molecule has 1 aromatic carbocycles. The molecule has 2 rings (SSSR count). The molecule has 136 valence electrons. The molecular formula is C18H24N2O4S. The summed E-state index contributed by atoms with van der Waals surface area (Å²) in [6, 6.07) is 9.23. The Morgan fingerprint density at radius 3 is 2.48 bits per heavy atom. The van der Waals surface area contributed by atoms with E-state index in [0.717, 1.165) is 5.69 Å². The molecule has 0 atom stereocenters. The highest BCUT2D eigenvalue weighted by Gasteiger charge is 2.28. The van der Waals surface area contributed by atoms with Crippen LogP contribution in [0.4, 0.5) is 5.69 Å². The molecule has 0 radical (unpaired) electrons. The predicted molar refractivity (Wildman–Crippen MR) is 98.3 cm³/mol. The van der Waals surface area contributed by atoms with Crippen molar-refractivity contribution in [3.8, 4) is 0 Å². The van der Waals surface area contributed by atoms with Crippen LogP contribution in [0.25, 0.3) is 0 Å². The number of benzene rings is 1. The summed E-state index contributed by atoms with van der Waals surface area (Å²) < 4.78 is 5.03. The third-order valence-corrected chi connectivity index (χ3v) is 4.90. The van der Waals surface area contributed by atoms with Crippen molar-refractivity contribution < 1.29 is 19.1 Å². The molecule has 7 heteroatoms. The Bertz CT molecular complexity index is 586. The highest BCUT2D eigenvalue weighted by molar-refractivity contribution is 8.00. The summed E-state index contributed by atoms with van der Waals surface area (Å²) in [6.45, 7) is 3.32. The summed E-state index contributed by atoms with van der Waals surface area (Å²) in [5.41, 5.74) is 0.750. The van der Waals surface area contributed by atoms with Crippen molar-refractivity contribution in [3.05, 3.63) is 30.3 Å². The Kier molecular flexibility index (Phi) is 7.78. The third-order valence-electron chi connectivity index (χ3n) is 3.98. The van der Waals surface area contributed by atoms with Gasteiger partial charge in [-0.3, -0.25) is 14.4 Å².